The van der Waals surface area contributed by atoms with E-state index in [1.54, 1.807) is 0 Å². The highest BCUT2D eigenvalue weighted by atomic mass is 35.6. The highest BCUT2D eigenvalue weighted by Crippen LogP contribution is 2.41. The van der Waals surface area contributed by atoms with Gasteiger partial charge in [-0.25, -0.2) is 9.59 Å². The minimum absolute atomic E-state index is 0.115. The molecular formula is C20H17Cl3N2O8S. The van der Waals surface area contributed by atoms with Crippen molar-refractivity contribution in [2.45, 2.75) is 22.1 Å². The second-order valence-corrected chi connectivity index (χ2v) is 10.8. The van der Waals surface area contributed by atoms with E-state index in [2.05, 4.69) is 5.32 Å². The van der Waals surface area contributed by atoms with Crippen LogP contribution in [-0.4, -0.2) is 73.9 Å². The van der Waals surface area contributed by atoms with Gasteiger partial charge in [0.1, 0.15) is 30.3 Å². The van der Waals surface area contributed by atoms with Crippen molar-refractivity contribution in [1.82, 2.24) is 10.2 Å². The van der Waals surface area contributed by atoms with Crippen LogP contribution in [0.5, 0.6) is 0 Å². The van der Waals surface area contributed by atoms with Gasteiger partial charge in [-0.1, -0.05) is 46.9 Å². The summed E-state index contributed by atoms with van der Waals surface area (Å²) < 4.78 is 8.11. The maximum absolute atomic E-state index is 12.9. The molecule has 1 aromatic rings. The van der Waals surface area contributed by atoms with E-state index in [9.17, 15) is 29.1 Å². The highest BCUT2D eigenvalue weighted by molar-refractivity contribution is 8.00. The Bertz CT molecular complexity index is 1090. The van der Waals surface area contributed by atoms with Crippen LogP contribution < -0.4 is 5.32 Å². The predicted molar refractivity (Wildman–Crippen MR) is 123 cm³/mol. The van der Waals surface area contributed by atoms with Gasteiger partial charge in [0.15, 0.2) is 0 Å². The average Bonchev–Trinajstić information content (AvgIpc) is 2.78. The first kappa shape index (κ1) is 26.1. The lowest BCUT2D eigenvalue weighted by Gasteiger charge is -2.49. The number of aromatic carboxylic acids is 1. The molecule has 34 heavy (non-hydrogen) atoms. The van der Waals surface area contributed by atoms with Gasteiger partial charge in [0.25, 0.3) is 11.8 Å². The van der Waals surface area contributed by atoms with E-state index in [1.165, 1.54) is 43.0 Å². The van der Waals surface area contributed by atoms with Crippen molar-refractivity contribution in [3.05, 3.63) is 46.7 Å². The third kappa shape index (κ3) is 5.77. The number of ether oxygens (including phenoxy) is 2. The van der Waals surface area contributed by atoms with Crippen LogP contribution >= 0.6 is 46.6 Å². The number of alkyl halides is 3. The van der Waals surface area contributed by atoms with E-state index >= 15 is 0 Å². The molecule has 0 aromatic heterocycles. The summed E-state index contributed by atoms with van der Waals surface area (Å²) in [6.45, 7) is 0.336. The maximum atomic E-state index is 12.9. The Kier molecular flexibility index (Phi) is 8.02. The van der Waals surface area contributed by atoms with Crippen LogP contribution in [0, 0.1) is 0 Å². The molecule has 182 valence electrons. The fraction of sp³-hybridized carbons (Fsp3) is 0.350. The second kappa shape index (κ2) is 10.4. The molecule has 2 N–H and O–H groups in total. The van der Waals surface area contributed by atoms with Crippen molar-refractivity contribution in [2.24, 2.45) is 0 Å². The van der Waals surface area contributed by atoms with Crippen LogP contribution in [0.3, 0.4) is 0 Å². The maximum Gasteiger partial charge on any atom is 0.355 e. The van der Waals surface area contributed by atoms with Crippen molar-refractivity contribution >= 4 is 76.3 Å². The Labute approximate surface area is 212 Å². The molecule has 0 aliphatic carbocycles. The molecule has 1 aromatic carbocycles. The zero-order chi connectivity index (χ0) is 25.2. The van der Waals surface area contributed by atoms with Crippen LogP contribution in [0.1, 0.15) is 27.6 Å². The number of carboxylic acid groups (broad SMARTS) is 1. The summed E-state index contributed by atoms with van der Waals surface area (Å²) in [5, 5.41) is 11.1. The Balaban J connectivity index is 1.82. The SMILES string of the molecule is CC(=O)OCC1=C(C(=O)OCC(Cl)(Cl)Cl)N2C(=O)C(NC(=O)c3ccccc3C(=O)O)[C@@H]2SC1. The highest BCUT2D eigenvalue weighted by Gasteiger charge is 2.54. The van der Waals surface area contributed by atoms with Gasteiger partial charge in [0.05, 0.1) is 11.1 Å². The van der Waals surface area contributed by atoms with Gasteiger partial charge in [0, 0.05) is 18.2 Å². The zero-order valence-corrected chi connectivity index (χ0v) is 20.5. The number of hydrogen-bond donors (Lipinski definition) is 2. The van der Waals surface area contributed by atoms with Crippen LogP contribution in [0.4, 0.5) is 0 Å². The van der Waals surface area contributed by atoms with E-state index in [0.717, 1.165) is 4.90 Å². The topological polar surface area (TPSA) is 139 Å². The fourth-order valence-corrected chi connectivity index (χ4v) is 4.76. The molecule has 0 radical (unpaired) electrons. The zero-order valence-electron chi connectivity index (χ0n) is 17.4. The molecule has 0 saturated carbocycles. The van der Waals surface area contributed by atoms with Crippen molar-refractivity contribution in [1.29, 1.82) is 0 Å². The molecule has 0 bridgehead atoms. The van der Waals surface area contributed by atoms with E-state index in [0.29, 0.717) is 5.57 Å². The number of carboxylic acids is 1. The van der Waals surface area contributed by atoms with Crippen molar-refractivity contribution in [2.75, 3.05) is 19.0 Å². The Morgan fingerprint density at radius 3 is 2.41 bits per heavy atom. The monoisotopic (exact) mass is 550 g/mol. The van der Waals surface area contributed by atoms with E-state index in [1.807, 2.05) is 0 Å². The molecule has 1 saturated heterocycles. The molecule has 2 amide bonds. The molecule has 2 aliphatic rings. The number of carbonyl (C=O) groups is 5. The van der Waals surface area contributed by atoms with Crippen LogP contribution in [-0.2, 0) is 23.9 Å². The lowest BCUT2D eigenvalue weighted by atomic mass is 10.0. The third-order valence-electron chi connectivity index (χ3n) is 4.75. The van der Waals surface area contributed by atoms with Gasteiger partial charge < -0.3 is 19.9 Å². The molecule has 2 atom stereocenters. The van der Waals surface area contributed by atoms with Gasteiger partial charge in [0.2, 0.25) is 3.79 Å². The third-order valence-corrected chi connectivity index (χ3v) is 6.41. The van der Waals surface area contributed by atoms with Crippen molar-refractivity contribution < 1.29 is 38.6 Å². The number of rotatable bonds is 7. The van der Waals surface area contributed by atoms with Gasteiger partial charge in [-0.2, -0.15) is 0 Å². The second-order valence-electron chi connectivity index (χ2n) is 7.14. The summed E-state index contributed by atoms with van der Waals surface area (Å²) in [6, 6.07) is 4.52. The first-order valence-electron chi connectivity index (χ1n) is 9.58. The summed E-state index contributed by atoms with van der Waals surface area (Å²) in [7, 11) is 0. The standard InChI is InChI=1S/C20H17Cl3N2O8S/c1-9(26)32-6-10-7-34-17-13(24-15(27)11-4-2-3-5-12(11)18(29)30)16(28)25(17)14(10)19(31)33-8-20(21,22)23/h2-5,13,17H,6-8H2,1H3,(H,24,27)(H,29,30)/t13?,17-/m0/s1. The Hall–Kier alpha value is -2.47. The summed E-state index contributed by atoms with van der Waals surface area (Å²) in [5.41, 5.74) is -0.198. The minimum Gasteiger partial charge on any atom is -0.478 e. The molecule has 3 rings (SSSR count). The molecule has 2 heterocycles. The largest absolute Gasteiger partial charge is 0.478 e. The molecular weight excluding hydrogens is 535 g/mol. The van der Waals surface area contributed by atoms with Gasteiger partial charge in [-0.05, 0) is 12.1 Å². The number of thioether (sulfide) groups is 1. The van der Waals surface area contributed by atoms with Crippen LogP contribution in [0.2, 0.25) is 0 Å². The summed E-state index contributed by atoms with van der Waals surface area (Å²) in [4.78, 5) is 62.1. The Morgan fingerprint density at radius 2 is 1.82 bits per heavy atom. The van der Waals surface area contributed by atoms with Crippen LogP contribution in [0.15, 0.2) is 35.5 Å². The molecule has 1 unspecified atom stereocenters. The van der Waals surface area contributed by atoms with E-state index in [-0.39, 0.29) is 29.2 Å². The number of nitrogens with zero attached hydrogens (tertiary/aromatic N) is 1. The summed E-state index contributed by atoms with van der Waals surface area (Å²) in [6.07, 6.45) is 0. The first-order chi connectivity index (χ1) is 15.9. The van der Waals surface area contributed by atoms with Gasteiger partial charge in [-0.15, -0.1) is 11.8 Å². The van der Waals surface area contributed by atoms with Gasteiger partial charge in [-0.3, -0.25) is 19.3 Å². The van der Waals surface area contributed by atoms with Gasteiger partial charge >= 0.3 is 17.9 Å². The number of nitrogens with one attached hydrogen (secondary N) is 1. The molecule has 0 spiro atoms. The number of amides is 2. The Morgan fingerprint density at radius 1 is 1.18 bits per heavy atom. The van der Waals surface area contributed by atoms with Crippen LogP contribution in [0.25, 0.3) is 0 Å². The lowest BCUT2D eigenvalue weighted by molar-refractivity contribution is -0.151. The number of halogens is 3. The molecule has 1 fully saturated rings. The normalized spacial score (nSPS) is 19.6. The quantitative estimate of drug-likeness (QED) is 0.296. The number of esters is 2. The molecule has 2 aliphatic heterocycles. The van der Waals surface area contributed by atoms with Crippen molar-refractivity contribution in [3.8, 4) is 0 Å². The predicted octanol–water partition coefficient (Wildman–Crippen LogP) is 2.13. The summed E-state index contributed by atoms with van der Waals surface area (Å²) in [5.74, 6) is -4.07. The molecule has 10 nitrogen and oxygen atoms in total. The van der Waals surface area contributed by atoms with E-state index in [4.69, 9.17) is 44.3 Å². The summed E-state index contributed by atoms with van der Waals surface area (Å²) >= 11 is 18.1. The average molecular weight is 552 g/mol. The van der Waals surface area contributed by atoms with E-state index < -0.39 is 51.5 Å². The number of hydrogen-bond acceptors (Lipinski definition) is 8. The lowest BCUT2D eigenvalue weighted by Crippen LogP contribution is -2.70. The number of carbonyl (C=O) groups excluding carboxylic acids is 4. The number of benzene rings is 1. The fourth-order valence-electron chi connectivity index (χ4n) is 3.27. The smallest absolute Gasteiger partial charge is 0.355 e. The minimum atomic E-state index is -1.89. The van der Waals surface area contributed by atoms with Crippen molar-refractivity contribution in [3.63, 3.8) is 0 Å². The molecule has 14 heteroatoms. The first-order valence-corrected chi connectivity index (χ1v) is 11.8. The number of fused-ring (bicyclic) bond motifs is 1. The number of β-lactam (4-membered cyclic amide) rings is 1.